The van der Waals surface area contributed by atoms with Crippen LogP contribution in [-0.4, -0.2) is 70.1 Å². The maximum atomic E-state index is 12.9. The third-order valence-corrected chi connectivity index (χ3v) is 6.42. The molecule has 0 saturated carbocycles. The van der Waals surface area contributed by atoms with Gasteiger partial charge < -0.3 is 10.2 Å². The first-order valence-corrected chi connectivity index (χ1v) is 12.0. The van der Waals surface area contributed by atoms with E-state index in [0.29, 0.717) is 10.8 Å². The van der Waals surface area contributed by atoms with Crippen LogP contribution in [0, 0.1) is 0 Å². The van der Waals surface area contributed by atoms with Crippen molar-refractivity contribution in [1.29, 1.82) is 0 Å². The summed E-state index contributed by atoms with van der Waals surface area (Å²) in [6, 6.07) is 9.27. The van der Waals surface area contributed by atoms with E-state index in [4.69, 9.17) is 16.6 Å². The largest absolute Gasteiger partial charge is 0.370 e. The molecule has 1 aromatic carbocycles. The number of hydrogen-bond donors (Lipinski definition) is 1. The van der Waals surface area contributed by atoms with E-state index in [1.165, 1.54) is 0 Å². The highest BCUT2D eigenvalue weighted by atomic mass is 35.5. The molecule has 32 heavy (non-hydrogen) atoms. The summed E-state index contributed by atoms with van der Waals surface area (Å²) in [6.07, 6.45) is 5.16. The van der Waals surface area contributed by atoms with E-state index in [9.17, 15) is 4.79 Å². The standard InChI is InChI=1S/C24H33ClN6O/c1-3-4-5-11-30-22(26-10-12-29-15-13-28(2)14-16-29)17-23(32)31-18-21(27-24(30)31)19-6-8-20(25)9-7-19/h6-9,17-18,26H,3-5,10-16H2,1-2H3. The second-order valence-corrected chi connectivity index (χ2v) is 9.04. The maximum absolute atomic E-state index is 12.9. The molecule has 3 heterocycles. The summed E-state index contributed by atoms with van der Waals surface area (Å²) in [7, 11) is 2.17. The summed E-state index contributed by atoms with van der Waals surface area (Å²) in [4.78, 5) is 22.6. The molecule has 1 N–H and O–H groups in total. The Kier molecular flexibility index (Phi) is 7.50. The highest BCUT2D eigenvalue weighted by Gasteiger charge is 2.16. The van der Waals surface area contributed by atoms with Crippen molar-refractivity contribution < 1.29 is 0 Å². The number of fused-ring (bicyclic) bond motifs is 1. The Hall–Kier alpha value is -2.35. The summed E-state index contributed by atoms with van der Waals surface area (Å²) in [5.74, 6) is 1.53. The molecular weight excluding hydrogens is 424 g/mol. The number of likely N-dealkylation sites (N-methyl/N-ethyl adjacent to an activating group) is 1. The first-order chi connectivity index (χ1) is 15.5. The predicted molar refractivity (Wildman–Crippen MR) is 132 cm³/mol. The first kappa shape index (κ1) is 22.8. The van der Waals surface area contributed by atoms with Gasteiger partial charge in [-0.25, -0.2) is 4.98 Å². The number of anilines is 1. The van der Waals surface area contributed by atoms with E-state index in [2.05, 4.69) is 33.7 Å². The Morgan fingerprint density at radius 3 is 2.53 bits per heavy atom. The minimum Gasteiger partial charge on any atom is -0.370 e. The van der Waals surface area contributed by atoms with Crippen LogP contribution in [0.3, 0.4) is 0 Å². The van der Waals surface area contributed by atoms with Crippen LogP contribution in [0.2, 0.25) is 5.02 Å². The highest BCUT2D eigenvalue weighted by molar-refractivity contribution is 6.30. The zero-order valence-electron chi connectivity index (χ0n) is 19.1. The van der Waals surface area contributed by atoms with Crippen LogP contribution in [0.1, 0.15) is 26.2 Å². The summed E-state index contributed by atoms with van der Waals surface area (Å²) in [5, 5.41) is 4.21. The second-order valence-electron chi connectivity index (χ2n) is 8.60. The number of nitrogens with zero attached hydrogens (tertiary/aromatic N) is 5. The number of benzene rings is 1. The molecule has 1 fully saturated rings. The molecule has 0 amide bonds. The number of hydrogen-bond acceptors (Lipinski definition) is 5. The number of rotatable bonds is 9. The van der Waals surface area contributed by atoms with Crippen LogP contribution >= 0.6 is 11.6 Å². The summed E-state index contributed by atoms with van der Waals surface area (Å²) >= 11 is 6.04. The Labute approximate surface area is 194 Å². The topological polar surface area (TPSA) is 57.8 Å². The van der Waals surface area contributed by atoms with Crippen molar-refractivity contribution in [2.75, 3.05) is 51.6 Å². The van der Waals surface area contributed by atoms with E-state index in [1.807, 2.05) is 30.5 Å². The monoisotopic (exact) mass is 456 g/mol. The molecule has 0 atom stereocenters. The lowest BCUT2D eigenvalue weighted by Crippen LogP contribution is -2.45. The highest BCUT2D eigenvalue weighted by Crippen LogP contribution is 2.22. The van der Waals surface area contributed by atoms with Crippen LogP contribution < -0.4 is 10.9 Å². The molecule has 1 aliphatic heterocycles. The Morgan fingerprint density at radius 1 is 1.06 bits per heavy atom. The smallest absolute Gasteiger partial charge is 0.261 e. The van der Waals surface area contributed by atoms with Crippen molar-refractivity contribution in [1.82, 2.24) is 23.8 Å². The molecule has 0 bridgehead atoms. The maximum Gasteiger partial charge on any atom is 0.261 e. The third-order valence-electron chi connectivity index (χ3n) is 6.17. The molecule has 7 nitrogen and oxygen atoms in total. The van der Waals surface area contributed by atoms with Crippen molar-refractivity contribution in [3.8, 4) is 11.3 Å². The average Bonchev–Trinajstić information content (AvgIpc) is 3.24. The van der Waals surface area contributed by atoms with Crippen molar-refractivity contribution in [3.05, 3.63) is 51.9 Å². The summed E-state index contributed by atoms with van der Waals surface area (Å²) in [5.41, 5.74) is 1.65. The number of unbranched alkanes of at least 4 members (excludes halogenated alkanes) is 2. The van der Waals surface area contributed by atoms with Crippen LogP contribution in [0.25, 0.3) is 17.0 Å². The number of halogens is 1. The number of aromatic nitrogens is 3. The van der Waals surface area contributed by atoms with Gasteiger partial charge in [-0.15, -0.1) is 0 Å². The quantitative estimate of drug-likeness (QED) is 0.498. The van der Waals surface area contributed by atoms with Gasteiger partial charge in [0.25, 0.3) is 5.56 Å². The fourth-order valence-electron chi connectivity index (χ4n) is 4.16. The molecule has 0 radical (unpaired) electrons. The Balaban J connectivity index is 1.59. The molecule has 8 heteroatoms. The van der Waals surface area contributed by atoms with Crippen molar-refractivity contribution in [2.45, 2.75) is 32.7 Å². The lowest BCUT2D eigenvalue weighted by molar-refractivity contribution is 0.158. The van der Waals surface area contributed by atoms with E-state index in [0.717, 1.165) is 82.2 Å². The normalized spacial score (nSPS) is 15.5. The van der Waals surface area contributed by atoms with Gasteiger partial charge in [-0.3, -0.25) is 18.7 Å². The van der Waals surface area contributed by atoms with Gasteiger partial charge in [-0.05, 0) is 25.6 Å². The molecule has 0 spiro atoms. The average molecular weight is 457 g/mol. The third kappa shape index (κ3) is 5.34. The molecular formula is C24H33ClN6O. The SMILES string of the molecule is CCCCCn1c(NCCN2CCN(C)CC2)cc(=O)n2cc(-c3ccc(Cl)cc3)nc12. The molecule has 1 saturated heterocycles. The molecule has 2 aromatic heterocycles. The van der Waals surface area contributed by atoms with Gasteiger partial charge in [0.05, 0.1) is 5.69 Å². The molecule has 0 aliphatic carbocycles. The minimum atomic E-state index is -0.0680. The predicted octanol–water partition coefficient (Wildman–Crippen LogP) is 3.67. The number of aryl methyl sites for hydroxylation is 1. The first-order valence-electron chi connectivity index (χ1n) is 11.6. The lowest BCUT2D eigenvalue weighted by atomic mass is 10.2. The summed E-state index contributed by atoms with van der Waals surface area (Å²) < 4.78 is 3.81. The van der Waals surface area contributed by atoms with Gasteiger partial charge in [0.2, 0.25) is 5.78 Å². The summed E-state index contributed by atoms with van der Waals surface area (Å²) in [6.45, 7) is 9.18. The van der Waals surface area contributed by atoms with E-state index in [1.54, 1.807) is 10.5 Å². The zero-order valence-corrected chi connectivity index (χ0v) is 19.8. The van der Waals surface area contributed by atoms with Crippen LogP contribution in [0.4, 0.5) is 5.82 Å². The van der Waals surface area contributed by atoms with Gasteiger partial charge in [-0.2, -0.15) is 0 Å². The van der Waals surface area contributed by atoms with Crippen LogP contribution in [-0.2, 0) is 6.54 Å². The molecule has 1 aliphatic rings. The molecule has 0 unspecified atom stereocenters. The van der Waals surface area contributed by atoms with Crippen LogP contribution in [0.5, 0.6) is 0 Å². The van der Waals surface area contributed by atoms with E-state index >= 15 is 0 Å². The number of imidazole rings is 1. The van der Waals surface area contributed by atoms with E-state index < -0.39 is 0 Å². The van der Waals surface area contributed by atoms with Crippen molar-refractivity contribution >= 4 is 23.2 Å². The van der Waals surface area contributed by atoms with Crippen molar-refractivity contribution in [3.63, 3.8) is 0 Å². The van der Waals surface area contributed by atoms with Gasteiger partial charge in [0.15, 0.2) is 0 Å². The fourth-order valence-corrected chi connectivity index (χ4v) is 4.28. The molecule has 4 rings (SSSR count). The fraction of sp³-hybridized carbons (Fsp3) is 0.500. The lowest BCUT2D eigenvalue weighted by Gasteiger charge is -2.32. The zero-order chi connectivity index (χ0) is 22.5. The Bertz CT molecular complexity index is 1080. The molecule has 3 aromatic rings. The second kappa shape index (κ2) is 10.5. The Morgan fingerprint density at radius 2 is 1.81 bits per heavy atom. The van der Waals surface area contributed by atoms with Gasteiger partial charge in [0.1, 0.15) is 5.82 Å². The van der Waals surface area contributed by atoms with E-state index in [-0.39, 0.29) is 5.56 Å². The van der Waals surface area contributed by atoms with Gasteiger partial charge >= 0.3 is 0 Å². The van der Waals surface area contributed by atoms with Crippen molar-refractivity contribution in [2.24, 2.45) is 0 Å². The van der Waals surface area contributed by atoms with Gasteiger partial charge in [0, 0.05) is 68.7 Å². The molecule has 172 valence electrons. The number of piperazine rings is 1. The minimum absolute atomic E-state index is 0.0680. The van der Waals surface area contributed by atoms with Crippen LogP contribution in [0.15, 0.2) is 41.3 Å². The van der Waals surface area contributed by atoms with Gasteiger partial charge in [-0.1, -0.05) is 43.5 Å². The number of nitrogens with one attached hydrogen (secondary N) is 1.